The number of fused-ring (bicyclic) bond motifs is 2. The number of rotatable bonds is 4. The highest BCUT2D eigenvalue weighted by Gasteiger charge is 2.27. The van der Waals surface area contributed by atoms with Gasteiger partial charge in [0.2, 0.25) is 5.91 Å². The van der Waals surface area contributed by atoms with Gasteiger partial charge in [-0.15, -0.1) is 16.4 Å². The maximum atomic E-state index is 13.1. The van der Waals surface area contributed by atoms with E-state index in [1.807, 2.05) is 53.7 Å². The van der Waals surface area contributed by atoms with E-state index in [0.29, 0.717) is 18.2 Å². The summed E-state index contributed by atoms with van der Waals surface area (Å²) in [6.07, 6.45) is 0.900. The van der Waals surface area contributed by atoms with Crippen LogP contribution in [0.4, 0.5) is 11.6 Å². The van der Waals surface area contributed by atoms with E-state index in [2.05, 4.69) is 5.10 Å². The van der Waals surface area contributed by atoms with E-state index in [0.717, 1.165) is 28.9 Å². The molecule has 9 nitrogen and oxygen atoms in total. The van der Waals surface area contributed by atoms with Gasteiger partial charge < -0.3 is 9.32 Å². The molecule has 0 fully saturated rings. The Balaban J connectivity index is 1.40. The van der Waals surface area contributed by atoms with Crippen molar-refractivity contribution in [3.63, 3.8) is 0 Å². The molecule has 1 aromatic carbocycles. The minimum Gasteiger partial charge on any atom is -0.387 e. The van der Waals surface area contributed by atoms with Gasteiger partial charge in [-0.3, -0.25) is 9.69 Å². The van der Waals surface area contributed by atoms with Crippen LogP contribution in [0.25, 0.3) is 21.8 Å². The summed E-state index contributed by atoms with van der Waals surface area (Å²) in [4.78, 5) is 39.2. The second kappa shape index (κ2) is 7.95. The first-order valence-electron chi connectivity index (χ1n) is 10.0. The SMILES string of the molecule is CN1CCCN(C(=O)CCn2nc(-c3cccs3)oc2=O)c2nc3ccccc3nc21. The van der Waals surface area contributed by atoms with Crippen LogP contribution >= 0.6 is 11.3 Å². The quantitative estimate of drug-likeness (QED) is 0.485. The standard InChI is InChI=1S/C21H20N6O3S/c1-25-10-5-11-26(19-18(25)22-14-6-2-3-7-15(14)23-19)17(28)9-12-27-21(29)30-20(24-27)16-8-4-13-31-16/h2-4,6-8,13H,5,9-12H2,1H3. The van der Waals surface area contributed by atoms with E-state index in [1.54, 1.807) is 4.90 Å². The van der Waals surface area contributed by atoms with E-state index >= 15 is 0 Å². The molecule has 4 aromatic rings. The average Bonchev–Trinajstić information content (AvgIpc) is 3.40. The fourth-order valence-corrected chi connectivity index (χ4v) is 4.27. The molecule has 0 spiro atoms. The van der Waals surface area contributed by atoms with Gasteiger partial charge in [0, 0.05) is 26.6 Å². The Kier molecular flexibility index (Phi) is 4.99. The molecule has 158 valence electrons. The van der Waals surface area contributed by atoms with Gasteiger partial charge in [-0.05, 0) is 30.0 Å². The van der Waals surface area contributed by atoms with Gasteiger partial charge in [-0.25, -0.2) is 14.8 Å². The highest BCUT2D eigenvalue weighted by molar-refractivity contribution is 7.13. The average molecular weight is 436 g/mol. The van der Waals surface area contributed by atoms with Crippen LogP contribution in [-0.2, 0) is 11.3 Å². The zero-order chi connectivity index (χ0) is 21.4. The molecule has 0 unspecified atom stereocenters. The number of para-hydroxylation sites is 2. The Morgan fingerprint density at radius 2 is 1.87 bits per heavy atom. The molecule has 10 heteroatoms. The third-order valence-corrected chi connectivity index (χ3v) is 6.06. The Bertz CT molecular complexity index is 1300. The number of nitrogens with zero attached hydrogens (tertiary/aromatic N) is 6. The van der Waals surface area contributed by atoms with Crippen LogP contribution in [0.1, 0.15) is 12.8 Å². The van der Waals surface area contributed by atoms with Crippen LogP contribution in [-0.4, -0.2) is 45.8 Å². The maximum absolute atomic E-state index is 13.1. The van der Waals surface area contributed by atoms with Gasteiger partial charge in [0.15, 0.2) is 11.6 Å². The number of thiophene rings is 1. The summed E-state index contributed by atoms with van der Waals surface area (Å²) in [5.41, 5.74) is 1.53. The molecule has 0 radical (unpaired) electrons. The number of aryl methyl sites for hydroxylation is 1. The molecule has 1 aliphatic rings. The van der Waals surface area contributed by atoms with Gasteiger partial charge >= 0.3 is 5.76 Å². The van der Waals surface area contributed by atoms with Crippen molar-refractivity contribution in [3.8, 4) is 10.8 Å². The minimum atomic E-state index is -0.571. The third-order valence-electron chi connectivity index (χ3n) is 5.20. The van der Waals surface area contributed by atoms with E-state index < -0.39 is 5.76 Å². The molecule has 4 heterocycles. The van der Waals surface area contributed by atoms with Crippen molar-refractivity contribution < 1.29 is 9.21 Å². The number of anilines is 2. The fourth-order valence-electron chi connectivity index (χ4n) is 3.62. The van der Waals surface area contributed by atoms with Crippen molar-refractivity contribution in [2.45, 2.75) is 19.4 Å². The Labute approximate surface area is 181 Å². The lowest BCUT2D eigenvalue weighted by atomic mass is 10.3. The van der Waals surface area contributed by atoms with Crippen molar-refractivity contribution >= 4 is 39.9 Å². The molecule has 0 aliphatic carbocycles. The molecular formula is C21H20N6O3S. The Hall–Kier alpha value is -3.53. The number of carbonyl (C=O) groups excluding carboxylic acids is 1. The summed E-state index contributed by atoms with van der Waals surface area (Å²) in [7, 11) is 1.96. The summed E-state index contributed by atoms with van der Waals surface area (Å²) in [6.45, 7) is 1.45. The van der Waals surface area contributed by atoms with Crippen LogP contribution < -0.4 is 15.6 Å². The molecule has 0 saturated heterocycles. The predicted octanol–water partition coefficient (Wildman–Crippen LogP) is 2.77. The molecular weight excluding hydrogens is 416 g/mol. The number of aromatic nitrogens is 4. The zero-order valence-corrected chi connectivity index (χ0v) is 17.7. The largest absolute Gasteiger partial charge is 0.437 e. The maximum Gasteiger partial charge on any atom is 0.437 e. The summed E-state index contributed by atoms with van der Waals surface area (Å²) in [6, 6.07) is 11.3. The van der Waals surface area contributed by atoms with Crippen molar-refractivity contribution in [1.29, 1.82) is 0 Å². The van der Waals surface area contributed by atoms with E-state index in [4.69, 9.17) is 14.4 Å². The minimum absolute atomic E-state index is 0.105. The lowest BCUT2D eigenvalue weighted by molar-refractivity contribution is -0.118. The summed E-state index contributed by atoms with van der Waals surface area (Å²) in [5, 5.41) is 6.11. The predicted molar refractivity (Wildman–Crippen MR) is 118 cm³/mol. The number of hydrogen-bond acceptors (Lipinski definition) is 8. The lowest BCUT2D eigenvalue weighted by Gasteiger charge is -2.22. The second-order valence-corrected chi connectivity index (χ2v) is 8.25. The lowest BCUT2D eigenvalue weighted by Crippen LogP contribution is -2.33. The molecule has 1 amide bonds. The fraction of sp³-hybridized carbons (Fsp3) is 0.286. The van der Waals surface area contributed by atoms with Gasteiger partial charge in [0.05, 0.1) is 22.5 Å². The van der Waals surface area contributed by atoms with E-state index in [1.165, 1.54) is 16.0 Å². The number of hydrogen-bond donors (Lipinski definition) is 0. The third kappa shape index (κ3) is 3.70. The van der Waals surface area contributed by atoms with Crippen molar-refractivity contribution in [3.05, 3.63) is 52.3 Å². The summed E-state index contributed by atoms with van der Waals surface area (Å²) >= 11 is 1.44. The highest BCUT2D eigenvalue weighted by Crippen LogP contribution is 2.30. The van der Waals surface area contributed by atoms with Crippen molar-refractivity contribution in [2.24, 2.45) is 0 Å². The molecule has 3 aromatic heterocycles. The Morgan fingerprint density at radius 1 is 1.10 bits per heavy atom. The number of benzene rings is 1. The van der Waals surface area contributed by atoms with E-state index in [-0.39, 0.29) is 24.8 Å². The van der Waals surface area contributed by atoms with Crippen LogP contribution in [0, 0.1) is 0 Å². The van der Waals surface area contributed by atoms with Gasteiger partial charge in [0.25, 0.3) is 5.89 Å². The number of carbonyl (C=O) groups is 1. The molecule has 1 aliphatic heterocycles. The first kappa shape index (κ1) is 19.4. The molecule has 0 N–H and O–H groups in total. The van der Waals surface area contributed by atoms with Gasteiger partial charge in [-0.2, -0.15) is 4.68 Å². The van der Waals surface area contributed by atoms with Crippen LogP contribution in [0.15, 0.2) is 51.0 Å². The molecule has 0 atom stereocenters. The number of amides is 1. The van der Waals surface area contributed by atoms with Gasteiger partial charge in [-0.1, -0.05) is 18.2 Å². The van der Waals surface area contributed by atoms with Crippen LogP contribution in [0.5, 0.6) is 0 Å². The first-order chi connectivity index (χ1) is 15.1. The highest BCUT2D eigenvalue weighted by atomic mass is 32.1. The molecule has 5 rings (SSSR count). The monoisotopic (exact) mass is 436 g/mol. The smallest absolute Gasteiger partial charge is 0.387 e. The van der Waals surface area contributed by atoms with Gasteiger partial charge in [0.1, 0.15) is 0 Å². The van der Waals surface area contributed by atoms with E-state index in [9.17, 15) is 9.59 Å². The van der Waals surface area contributed by atoms with Crippen molar-refractivity contribution in [1.82, 2.24) is 19.7 Å². The normalized spacial score (nSPS) is 14.0. The second-order valence-electron chi connectivity index (χ2n) is 7.30. The van der Waals surface area contributed by atoms with Crippen LogP contribution in [0.3, 0.4) is 0 Å². The summed E-state index contributed by atoms with van der Waals surface area (Å²) < 4.78 is 6.43. The van der Waals surface area contributed by atoms with Crippen molar-refractivity contribution in [2.75, 3.05) is 29.9 Å². The topological polar surface area (TPSA) is 97.4 Å². The molecule has 0 bridgehead atoms. The Morgan fingerprint density at radius 3 is 2.61 bits per heavy atom. The van der Waals surface area contributed by atoms with Crippen LogP contribution in [0.2, 0.25) is 0 Å². The molecule has 31 heavy (non-hydrogen) atoms. The summed E-state index contributed by atoms with van der Waals surface area (Å²) in [5.74, 6) is 0.803. The zero-order valence-electron chi connectivity index (χ0n) is 16.9. The first-order valence-corrected chi connectivity index (χ1v) is 10.9. The molecule has 0 saturated carbocycles.